The quantitative estimate of drug-likeness (QED) is 0.753. The van der Waals surface area contributed by atoms with E-state index in [1.165, 1.54) is 18.9 Å². The van der Waals surface area contributed by atoms with Gasteiger partial charge < -0.3 is 5.73 Å². The second kappa shape index (κ2) is 6.76. The molecule has 0 bridgehead atoms. The maximum absolute atomic E-state index is 14.4. The number of pyridine rings is 1. The fraction of sp³-hybridized carbons (Fsp3) is 0.389. The minimum atomic E-state index is -0.281. The van der Waals surface area contributed by atoms with Crippen LogP contribution in [0.3, 0.4) is 0 Å². The van der Waals surface area contributed by atoms with Gasteiger partial charge in [0.25, 0.3) is 0 Å². The minimum absolute atomic E-state index is 0.164. The standard InChI is InChI=1S/C18H19Cl2FN2/c1-10-2-5-12(15(21)8-10)14-9-17(19)23-18(20)13(14)6-7-16(22)11-3-4-11/h2,5,8-9,11,16H,3-4,6-7,22H2,1H3. The van der Waals surface area contributed by atoms with Crippen molar-refractivity contribution in [3.05, 3.63) is 51.5 Å². The van der Waals surface area contributed by atoms with Crippen LogP contribution in [0.4, 0.5) is 4.39 Å². The summed E-state index contributed by atoms with van der Waals surface area (Å²) in [5.74, 6) is 0.338. The van der Waals surface area contributed by atoms with Crippen LogP contribution in [-0.2, 0) is 6.42 Å². The maximum Gasteiger partial charge on any atom is 0.134 e. The first-order valence-corrected chi connectivity index (χ1v) is 8.58. The summed E-state index contributed by atoms with van der Waals surface area (Å²) >= 11 is 12.3. The van der Waals surface area contributed by atoms with E-state index in [9.17, 15) is 4.39 Å². The first-order chi connectivity index (χ1) is 11.0. The molecule has 1 atom stereocenters. The molecule has 2 aromatic rings. The molecule has 1 fully saturated rings. The van der Waals surface area contributed by atoms with E-state index in [4.69, 9.17) is 28.9 Å². The van der Waals surface area contributed by atoms with Gasteiger partial charge in [-0.3, -0.25) is 0 Å². The van der Waals surface area contributed by atoms with Gasteiger partial charge in [-0.25, -0.2) is 9.37 Å². The number of benzene rings is 1. The molecule has 1 aromatic heterocycles. The number of hydrogen-bond acceptors (Lipinski definition) is 2. The van der Waals surface area contributed by atoms with Crippen molar-refractivity contribution in [2.24, 2.45) is 11.7 Å². The largest absolute Gasteiger partial charge is 0.327 e. The van der Waals surface area contributed by atoms with Crippen molar-refractivity contribution < 1.29 is 4.39 Å². The number of halogens is 3. The summed E-state index contributed by atoms with van der Waals surface area (Å²) in [6.07, 6.45) is 3.89. The van der Waals surface area contributed by atoms with E-state index in [0.717, 1.165) is 17.5 Å². The van der Waals surface area contributed by atoms with E-state index in [2.05, 4.69) is 4.98 Å². The average Bonchev–Trinajstić information content (AvgIpc) is 3.30. The second-order valence-corrected chi connectivity index (χ2v) is 7.03. The number of hydrogen-bond donors (Lipinski definition) is 1. The lowest BCUT2D eigenvalue weighted by Gasteiger charge is -2.15. The second-order valence-electron chi connectivity index (χ2n) is 6.29. The van der Waals surface area contributed by atoms with Gasteiger partial charge in [-0.1, -0.05) is 35.3 Å². The average molecular weight is 353 g/mol. The summed E-state index contributed by atoms with van der Waals surface area (Å²) in [7, 11) is 0. The lowest BCUT2D eigenvalue weighted by atomic mass is 9.95. The molecule has 2 nitrogen and oxygen atoms in total. The summed E-state index contributed by atoms with van der Waals surface area (Å²) in [4.78, 5) is 4.11. The Bertz CT molecular complexity index is 729. The van der Waals surface area contributed by atoms with Crippen LogP contribution >= 0.6 is 23.2 Å². The molecular formula is C18H19Cl2FN2. The Morgan fingerprint density at radius 3 is 2.65 bits per heavy atom. The van der Waals surface area contributed by atoms with E-state index in [-0.39, 0.29) is 17.0 Å². The monoisotopic (exact) mass is 352 g/mol. The van der Waals surface area contributed by atoms with Crippen LogP contribution in [0, 0.1) is 18.7 Å². The molecule has 0 radical (unpaired) electrons. The first-order valence-electron chi connectivity index (χ1n) is 7.82. The van der Waals surface area contributed by atoms with Crippen molar-refractivity contribution in [2.45, 2.75) is 38.6 Å². The summed E-state index contributed by atoms with van der Waals surface area (Å²) in [5.41, 5.74) is 9.07. The van der Waals surface area contributed by atoms with E-state index in [1.807, 2.05) is 13.0 Å². The molecule has 122 valence electrons. The van der Waals surface area contributed by atoms with Gasteiger partial charge in [-0.2, -0.15) is 0 Å². The lowest BCUT2D eigenvalue weighted by Crippen LogP contribution is -2.23. The predicted molar refractivity (Wildman–Crippen MR) is 93.4 cm³/mol. The zero-order valence-electron chi connectivity index (χ0n) is 13.0. The van der Waals surface area contributed by atoms with Crippen molar-refractivity contribution in [1.82, 2.24) is 4.98 Å². The van der Waals surface area contributed by atoms with Gasteiger partial charge in [-0.05, 0) is 67.3 Å². The molecule has 0 saturated heterocycles. The number of nitrogens with two attached hydrogens (primary N) is 1. The SMILES string of the molecule is Cc1ccc(-c2cc(Cl)nc(Cl)c2CCC(N)C2CC2)c(F)c1. The minimum Gasteiger partial charge on any atom is -0.327 e. The molecule has 0 spiro atoms. The molecule has 5 heteroatoms. The topological polar surface area (TPSA) is 38.9 Å². The Labute approximate surface area is 145 Å². The van der Waals surface area contributed by atoms with Crippen LogP contribution in [-0.4, -0.2) is 11.0 Å². The number of aryl methyl sites for hydroxylation is 1. The molecule has 0 amide bonds. The molecule has 1 unspecified atom stereocenters. The molecule has 2 N–H and O–H groups in total. The molecule has 1 aliphatic carbocycles. The molecule has 23 heavy (non-hydrogen) atoms. The highest BCUT2D eigenvalue weighted by Gasteiger charge is 2.28. The zero-order chi connectivity index (χ0) is 16.6. The fourth-order valence-electron chi connectivity index (χ4n) is 2.90. The third-order valence-corrected chi connectivity index (χ3v) is 4.92. The highest BCUT2D eigenvalue weighted by molar-refractivity contribution is 6.33. The van der Waals surface area contributed by atoms with E-state index in [1.54, 1.807) is 12.1 Å². The number of aromatic nitrogens is 1. The van der Waals surface area contributed by atoms with Crippen LogP contribution < -0.4 is 5.73 Å². The predicted octanol–water partition coefficient (Wildman–Crippen LogP) is 5.17. The van der Waals surface area contributed by atoms with Crippen molar-refractivity contribution in [1.29, 1.82) is 0 Å². The number of nitrogens with zero attached hydrogens (tertiary/aromatic N) is 1. The van der Waals surface area contributed by atoms with Crippen LogP contribution in [0.25, 0.3) is 11.1 Å². The van der Waals surface area contributed by atoms with Gasteiger partial charge >= 0.3 is 0 Å². The Morgan fingerprint density at radius 1 is 1.26 bits per heavy atom. The van der Waals surface area contributed by atoms with Gasteiger partial charge in [-0.15, -0.1) is 0 Å². The van der Waals surface area contributed by atoms with E-state index < -0.39 is 0 Å². The Kier molecular flexibility index (Phi) is 4.90. The van der Waals surface area contributed by atoms with Crippen LogP contribution in [0.1, 0.15) is 30.4 Å². The Hall–Kier alpha value is -1.16. The maximum atomic E-state index is 14.4. The van der Waals surface area contributed by atoms with Crippen molar-refractivity contribution >= 4 is 23.2 Å². The van der Waals surface area contributed by atoms with Gasteiger partial charge in [0.15, 0.2) is 0 Å². The van der Waals surface area contributed by atoms with E-state index in [0.29, 0.717) is 28.6 Å². The van der Waals surface area contributed by atoms with Crippen molar-refractivity contribution in [3.8, 4) is 11.1 Å². The molecule has 3 rings (SSSR count). The smallest absolute Gasteiger partial charge is 0.134 e. The van der Waals surface area contributed by atoms with Crippen LogP contribution in [0.5, 0.6) is 0 Å². The van der Waals surface area contributed by atoms with Gasteiger partial charge in [0.1, 0.15) is 16.1 Å². The fourth-order valence-corrected chi connectivity index (χ4v) is 3.42. The molecular weight excluding hydrogens is 334 g/mol. The lowest BCUT2D eigenvalue weighted by molar-refractivity contribution is 0.550. The zero-order valence-corrected chi connectivity index (χ0v) is 14.5. The highest BCUT2D eigenvalue weighted by Crippen LogP contribution is 2.36. The van der Waals surface area contributed by atoms with Gasteiger partial charge in [0, 0.05) is 11.6 Å². The van der Waals surface area contributed by atoms with E-state index >= 15 is 0 Å². The van der Waals surface area contributed by atoms with Gasteiger partial charge in [0.2, 0.25) is 0 Å². The van der Waals surface area contributed by atoms with Crippen LogP contribution in [0.15, 0.2) is 24.3 Å². The third-order valence-electron chi connectivity index (χ3n) is 4.41. The summed E-state index contributed by atoms with van der Waals surface area (Å²) in [6.45, 7) is 1.86. The Morgan fingerprint density at radius 2 is 2.00 bits per heavy atom. The summed E-state index contributed by atoms with van der Waals surface area (Å²) < 4.78 is 14.4. The van der Waals surface area contributed by atoms with Crippen molar-refractivity contribution in [2.75, 3.05) is 0 Å². The van der Waals surface area contributed by atoms with Gasteiger partial charge in [0.05, 0.1) is 0 Å². The first kappa shape index (κ1) is 16.7. The number of rotatable bonds is 5. The third kappa shape index (κ3) is 3.85. The summed E-state index contributed by atoms with van der Waals surface area (Å²) in [6, 6.07) is 6.99. The molecule has 1 aromatic carbocycles. The molecule has 1 aliphatic rings. The summed E-state index contributed by atoms with van der Waals surface area (Å²) in [5, 5.41) is 0.593. The highest BCUT2D eigenvalue weighted by atomic mass is 35.5. The normalized spacial score (nSPS) is 15.7. The molecule has 1 saturated carbocycles. The van der Waals surface area contributed by atoms with Crippen molar-refractivity contribution in [3.63, 3.8) is 0 Å². The van der Waals surface area contributed by atoms with Crippen LogP contribution in [0.2, 0.25) is 10.3 Å². The Balaban J connectivity index is 1.97. The molecule has 1 heterocycles. The molecule has 0 aliphatic heterocycles.